The summed E-state index contributed by atoms with van der Waals surface area (Å²) in [5, 5.41) is 7.45. The molecule has 2 aliphatic heterocycles. The number of anilines is 1. The van der Waals surface area contributed by atoms with Gasteiger partial charge in [0.05, 0.1) is 24.8 Å². The largest absolute Gasteiger partial charge is 0.381 e. The lowest BCUT2D eigenvalue weighted by atomic mass is 9.96. The van der Waals surface area contributed by atoms with Gasteiger partial charge in [0.2, 0.25) is 11.8 Å². The third kappa shape index (κ3) is 4.46. The van der Waals surface area contributed by atoms with Crippen molar-refractivity contribution in [2.75, 3.05) is 31.6 Å². The Kier molecular flexibility index (Phi) is 6.10. The van der Waals surface area contributed by atoms with Crippen LogP contribution in [0.4, 0.5) is 5.82 Å². The van der Waals surface area contributed by atoms with Crippen molar-refractivity contribution < 1.29 is 14.3 Å². The Bertz CT molecular complexity index is 728. The minimum absolute atomic E-state index is 0.00706. The van der Waals surface area contributed by atoms with E-state index in [9.17, 15) is 9.59 Å². The average molecular weight is 386 g/mol. The molecule has 2 amide bonds. The maximum atomic E-state index is 12.6. The predicted molar refractivity (Wildman–Crippen MR) is 106 cm³/mol. The number of hydrogen-bond donors (Lipinski definition) is 1. The van der Waals surface area contributed by atoms with Crippen LogP contribution in [0.2, 0.25) is 0 Å². The van der Waals surface area contributed by atoms with Crippen molar-refractivity contribution in [1.82, 2.24) is 14.7 Å². The number of nitrogens with one attached hydrogen (secondary N) is 1. The van der Waals surface area contributed by atoms with E-state index in [1.165, 1.54) is 18.4 Å². The maximum absolute atomic E-state index is 12.6. The van der Waals surface area contributed by atoms with E-state index in [0.29, 0.717) is 19.6 Å². The molecule has 7 nitrogen and oxygen atoms in total. The first-order chi connectivity index (χ1) is 13.7. The Morgan fingerprint density at radius 2 is 2.07 bits per heavy atom. The fourth-order valence-electron chi connectivity index (χ4n) is 4.40. The van der Waals surface area contributed by atoms with Gasteiger partial charge in [-0.2, -0.15) is 5.10 Å². The highest BCUT2D eigenvalue weighted by atomic mass is 16.5. The SMILES string of the molecule is O=C(Nc1ccnn1C1CCN(C(=O)CC2=CCCCC2)CC1)[C@@H]1CCOC1. The van der Waals surface area contributed by atoms with Crippen LogP contribution < -0.4 is 5.32 Å². The van der Waals surface area contributed by atoms with Crippen molar-refractivity contribution in [2.24, 2.45) is 5.92 Å². The molecular weight excluding hydrogens is 356 g/mol. The molecule has 0 spiro atoms. The predicted octanol–water partition coefficient (Wildman–Crippen LogP) is 2.91. The van der Waals surface area contributed by atoms with Crippen molar-refractivity contribution >= 4 is 17.6 Å². The number of ether oxygens (including phenoxy) is 1. The number of rotatable bonds is 5. The smallest absolute Gasteiger partial charge is 0.231 e. The van der Waals surface area contributed by atoms with E-state index in [1.54, 1.807) is 6.20 Å². The van der Waals surface area contributed by atoms with Crippen molar-refractivity contribution in [3.05, 3.63) is 23.9 Å². The minimum Gasteiger partial charge on any atom is -0.381 e. The number of carbonyl (C=O) groups excluding carboxylic acids is 2. The highest BCUT2D eigenvalue weighted by molar-refractivity contribution is 5.92. The number of carbonyl (C=O) groups is 2. The molecular formula is C21H30N4O3. The summed E-state index contributed by atoms with van der Waals surface area (Å²) < 4.78 is 7.22. The molecule has 1 aliphatic carbocycles. The number of allylic oxidation sites excluding steroid dienone is 1. The van der Waals surface area contributed by atoms with Gasteiger partial charge in [0.25, 0.3) is 0 Å². The Morgan fingerprint density at radius 3 is 2.79 bits per heavy atom. The van der Waals surface area contributed by atoms with Gasteiger partial charge in [-0.25, -0.2) is 4.68 Å². The molecule has 1 atom stereocenters. The fourth-order valence-corrected chi connectivity index (χ4v) is 4.40. The zero-order valence-corrected chi connectivity index (χ0v) is 16.4. The maximum Gasteiger partial charge on any atom is 0.231 e. The van der Waals surface area contributed by atoms with Crippen LogP contribution in [-0.2, 0) is 14.3 Å². The Labute approximate surface area is 166 Å². The van der Waals surface area contributed by atoms with Gasteiger partial charge in [0.1, 0.15) is 5.82 Å². The third-order valence-corrected chi connectivity index (χ3v) is 6.15. The lowest BCUT2D eigenvalue weighted by Crippen LogP contribution is -2.39. The van der Waals surface area contributed by atoms with E-state index in [2.05, 4.69) is 16.5 Å². The standard InChI is InChI=1S/C21H30N4O3/c26-20(14-16-4-2-1-3-5-16)24-11-7-18(8-12-24)25-19(6-10-22-25)23-21(27)17-9-13-28-15-17/h4,6,10,17-18H,1-3,5,7-9,11-15H2,(H,23,27)/t17-/m1/s1. The zero-order chi connectivity index (χ0) is 19.3. The summed E-state index contributed by atoms with van der Waals surface area (Å²) in [6.45, 7) is 2.65. The highest BCUT2D eigenvalue weighted by Crippen LogP contribution is 2.28. The van der Waals surface area contributed by atoms with Crippen molar-refractivity contribution in [3.8, 4) is 0 Å². The summed E-state index contributed by atoms with van der Waals surface area (Å²) in [4.78, 5) is 27.0. The summed E-state index contributed by atoms with van der Waals surface area (Å²) >= 11 is 0. The van der Waals surface area contributed by atoms with E-state index < -0.39 is 0 Å². The second-order valence-corrected chi connectivity index (χ2v) is 8.11. The molecule has 28 heavy (non-hydrogen) atoms. The number of nitrogens with zero attached hydrogens (tertiary/aromatic N) is 3. The van der Waals surface area contributed by atoms with Crippen molar-refractivity contribution in [2.45, 2.75) is 57.4 Å². The van der Waals surface area contributed by atoms with Crippen molar-refractivity contribution in [1.29, 1.82) is 0 Å². The third-order valence-electron chi connectivity index (χ3n) is 6.15. The normalized spacial score (nSPS) is 23.5. The molecule has 0 saturated carbocycles. The molecule has 3 aliphatic rings. The summed E-state index contributed by atoms with van der Waals surface area (Å²) in [5.41, 5.74) is 1.31. The summed E-state index contributed by atoms with van der Waals surface area (Å²) in [6, 6.07) is 2.06. The van der Waals surface area contributed by atoms with E-state index in [-0.39, 0.29) is 23.8 Å². The zero-order valence-electron chi connectivity index (χ0n) is 16.4. The molecule has 0 bridgehead atoms. The molecule has 152 valence electrons. The molecule has 0 aromatic carbocycles. The minimum atomic E-state index is -0.0723. The van der Waals surface area contributed by atoms with Gasteiger partial charge in [-0.15, -0.1) is 0 Å². The molecule has 1 N–H and O–H groups in total. The van der Waals surface area contributed by atoms with Gasteiger partial charge in [0, 0.05) is 32.2 Å². The van der Waals surface area contributed by atoms with Gasteiger partial charge in [-0.1, -0.05) is 11.6 Å². The topological polar surface area (TPSA) is 76.5 Å². The lowest BCUT2D eigenvalue weighted by Gasteiger charge is -2.33. The lowest BCUT2D eigenvalue weighted by molar-refractivity contribution is -0.131. The number of hydrogen-bond acceptors (Lipinski definition) is 4. The number of aromatic nitrogens is 2. The van der Waals surface area contributed by atoms with Gasteiger partial charge in [-0.3, -0.25) is 9.59 Å². The molecule has 0 unspecified atom stereocenters. The van der Waals surface area contributed by atoms with E-state index in [4.69, 9.17) is 4.74 Å². The van der Waals surface area contributed by atoms with E-state index >= 15 is 0 Å². The van der Waals surface area contributed by atoms with Crippen LogP contribution in [0.25, 0.3) is 0 Å². The first-order valence-corrected chi connectivity index (χ1v) is 10.6. The fraction of sp³-hybridized carbons (Fsp3) is 0.667. The second-order valence-electron chi connectivity index (χ2n) is 8.11. The Balaban J connectivity index is 1.30. The monoisotopic (exact) mass is 386 g/mol. The second kappa shape index (κ2) is 8.90. The first-order valence-electron chi connectivity index (χ1n) is 10.6. The van der Waals surface area contributed by atoms with Crippen LogP contribution in [0, 0.1) is 5.92 Å². The van der Waals surface area contributed by atoms with Gasteiger partial charge >= 0.3 is 0 Å². The number of amides is 2. The highest BCUT2D eigenvalue weighted by Gasteiger charge is 2.28. The molecule has 3 heterocycles. The van der Waals surface area contributed by atoms with E-state index in [0.717, 1.165) is 51.0 Å². The molecule has 4 rings (SSSR count). The molecule has 7 heteroatoms. The molecule has 1 aromatic rings. The molecule has 2 fully saturated rings. The van der Waals surface area contributed by atoms with Crippen LogP contribution in [0.3, 0.4) is 0 Å². The van der Waals surface area contributed by atoms with Crippen LogP contribution in [-0.4, -0.2) is 52.8 Å². The van der Waals surface area contributed by atoms with Gasteiger partial charge in [0.15, 0.2) is 0 Å². The van der Waals surface area contributed by atoms with Gasteiger partial charge < -0.3 is 15.0 Å². The van der Waals surface area contributed by atoms with E-state index in [1.807, 2.05) is 15.6 Å². The molecule has 0 radical (unpaired) electrons. The Morgan fingerprint density at radius 1 is 1.21 bits per heavy atom. The van der Waals surface area contributed by atoms with Crippen LogP contribution in [0.15, 0.2) is 23.9 Å². The van der Waals surface area contributed by atoms with Crippen LogP contribution in [0.5, 0.6) is 0 Å². The molecule has 2 saturated heterocycles. The molecule has 1 aromatic heterocycles. The van der Waals surface area contributed by atoms with Crippen molar-refractivity contribution in [3.63, 3.8) is 0 Å². The van der Waals surface area contributed by atoms with Crippen LogP contribution in [0.1, 0.15) is 57.4 Å². The number of piperidine rings is 1. The summed E-state index contributed by atoms with van der Waals surface area (Å²) in [5.74, 6) is 0.931. The average Bonchev–Trinajstić information content (AvgIpc) is 3.41. The summed E-state index contributed by atoms with van der Waals surface area (Å²) in [6.07, 6.45) is 11.7. The summed E-state index contributed by atoms with van der Waals surface area (Å²) in [7, 11) is 0. The number of likely N-dealkylation sites (tertiary alicyclic amines) is 1. The Hall–Kier alpha value is -2.15. The van der Waals surface area contributed by atoms with Gasteiger partial charge in [-0.05, 0) is 44.9 Å². The first kappa shape index (κ1) is 19.2. The quantitative estimate of drug-likeness (QED) is 0.790. The van der Waals surface area contributed by atoms with Crippen LogP contribution >= 0.6 is 0 Å².